The summed E-state index contributed by atoms with van der Waals surface area (Å²) in [5.74, 6) is 0.739. The van der Waals surface area contributed by atoms with E-state index in [0.29, 0.717) is 38.0 Å². The third-order valence-corrected chi connectivity index (χ3v) is 7.76. The van der Waals surface area contributed by atoms with Crippen LogP contribution in [-0.4, -0.2) is 41.3 Å². The molecule has 0 spiro atoms. The molecule has 3 rings (SSSR count). The Kier molecular flexibility index (Phi) is 7.69. The molecule has 32 heavy (non-hydrogen) atoms. The van der Waals surface area contributed by atoms with Crippen LogP contribution in [-0.2, 0) is 27.8 Å². The Balaban J connectivity index is 1.77. The van der Waals surface area contributed by atoms with Crippen LogP contribution < -0.4 is 5.32 Å². The summed E-state index contributed by atoms with van der Waals surface area (Å²) in [4.78, 5) is 17.4. The standard InChI is InChI=1S/C24H32N4O3S/c1-5-27(6-2)32(30,31)20-13-14-22-21(17-20)26-23(28(22)7-3)15-16-24(29)25-18(4)19-11-9-8-10-12-19/h8-14,17-18H,5-7,15-16H2,1-4H3,(H,25,29)/t18-/m0/s1. The molecular formula is C24H32N4O3S. The van der Waals surface area contributed by atoms with Crippen LogP contribution in [0.4, 0.5) is 0 Å². The van der Waals surface area contributed by atoms with Crippen LogP contribution in [0.25, 0.3) is 11.0 Å². The fourth-order valence-corrected chi connectivity index (χ4v) is 5.42. The molecular weight excluding hydrogens is 424 g/mol. The molecule has 1 amide bonds. The van der Waals surface area contributed by atoms with Crippen LogP contribution in [0.2, 0.25) is 0 Å². The number of amides is 1. The molecule has 0 aliphatic carbocycles. The number of nitrogens with zero attached hydrogens (tertiary/aromatic N) is 3. The SMILES string of the molecule is CCN(CC)S(=O)(=O)c1ccc2c(c1)nc(CCC(=O)N[C@@H](C)c1ccccc1)n2CC. The minimum atomic E-state index is -3.55. The first-order chi connectivity index (χ1) is 15.3. The van der Waals surface area contributed by atoms with Gasteiger partial charge in [0.1, 0.15) is 5.82 Å². The van der Waals surface area contributed by atoms with Crippen molar-refractivity contribution in [1.82, 2.24) is 19.2 Å². The maximum Gasteiger partial charge on any atom is 0.243 e. The Morgan fingerprint density at radius 2 is 1.78 bits per heavy atom. The van der Waals surface area contributed by atoms with Gasteiger partial charge in [-0.1, -0.05) is 44.2 Å². The average Bonchev–Trinajstić information content (AvgIpc) is 3.15. The Hall–Kier alpha value is -2.71. The molecule has 3 aromatic rings. The first-order valence-electron chi connectivity index (χ1n) is 11.1. The van der Waals surface area contributed by atoms with Crippen molar-refractivity contribution in [2.45, 2.75) is 58.0 Å². The monoisotopic (exact) mass is 456 g/mol. The van der Waals surface area contributed by atoms with Crippen molar-refractivity contribution in [2.24, 2.45) is 0 Å². The fourth-order valence-electron chi connectivity index (χ4n) is 3.94. The number of carbonyl (C=O) groups is 1. The van der Waals surface area contributed by atoms with Crippen molar-refractivity contribution in [1.29, 1.82) is 0 Å². The van der Waals surface area contributed by atoms with E-state index in [0.717, 1.165) is 16.9 Å². The van der Waals surface area contributed by atoms with Crippen molar-refractivity contribution >= 4 is 27.0 Å². The second-order valence-electron chi connectivity index (χ2n) is 7.71. The number of rotatable bonds is 10. The number of fused-ring (bicyclic) bond motifs is 1. The lowest BCUT2D eigenvalue weighted by Crippen LogP contribution is -2.30. The van der Waals surface area contributed by atoms with E-state index in [2.05, 4.69) is 10.3 Å². The number of aromatic nitrogens is 2. The molecule has 0 aliphatic heterocycles. The Morgan fingerprint density at radius 1 is 1.09 bits per heavy atom. The first-order valence-corrected chi connectivity index (χ1v) is 12.6. The van der Waals surface area contributed by atoms with Crippen LogP contribution in [0, 0.1) is 0 Å². The van der Waals surface area contributed by atoms with E-state index in [1.54, 1.807) is 12.1 Å². The Morgan fingerprint density at radius 3 is 2.41 bits per heavy atom. The molecule has 1 atom stereocenters. The lowest BCUT2D eigenvalue weighted by molar-refractivity contribution is -0.121. The van der Waals surface area contributed by atoms with Crippen LogP contribution in [0.3, 0.4) is 0 Å². The number of hydrogen-bond acceptors (Lipinski definition) is 4. The second-order valence-corrected chi connectivity index (χ2v) is 9.65. The van der Waals surface area contributed by atoms with E-state index in [1.807, 2.05) is 68.7 Å². The number of nitrogens with one attached hydrogen (secondary N) is 1. The molecule has 0 radical (unpaired) electrons. The second kappa shape index (κ2) is 10.3. The summed E-state index contributed by atoms with van der Waals surface area (Å²) in [5, 5.41) is 3.03. The van der Waals surface area contributed by atoms with Gasteiger partial charge in [-0.3, -0.25) is 4.79 Å². The number of carbonyl (C=O) groups excluding carboxylic acids is 1. The van der Waals surface area contributed by atoms with Gasteiger partial charge in [-0.25, -0.2) is 13.4 Å². The van der Waals surface area contributed by atoms with E-state index in [4.69, 9.17) is 0 Å². The highest BCUT2D eigenvalue weighted by Crippen LogP contribution is 2.23. The van der Waals surface area contributed by atoms with Gasteiger partial charge in [-0.15, -0.1) is 0 Å². The lowest BCUT2D eigenvalue weighted by Gasteiger charge is -2.18. The zero-order valence-corrected chi connectivity index (χ0v) is 20.0. The lowest BCUT2D eigenvalue weighted by atomic mass is 10.1. The summed E-state index contributed by atoms with van der Waals surface area (Å²) in [5.41, 5.74) is 2.57. The van der Waals surface area contributed by atoms with Crippen LogP contribution >= 0.6 is 0 Å². The zero-order valence-electron chi connectivity index (χ0n) is 19.2. The minimum Gasteiger partial charge on any atom is -0.350 e. The maximum absolute atomic E-state index is 12.9. The van der Waals surface area contributed by atoms with E-state index in [9.17, 15) is 13.2 Å². The molecule has 1 heterocycles. The number of sulfonamides is 1. The molecule has 0 saturated heterocycles. The smallest absolute Gasteiger partial charge is 0.243 e. The Labute approximate surface area is 190 Å². The number of imidazole rings is 1. The number of aryl methyl sites for hydroxylation is 2. The van der Waals surface area contributed by atoms with E-state index in [1.165, 1.54) is 4.31 Å². The highest BCUT2D eigenvalue weighted by Gasteiger charge is 2.23. The van der Waals surface area contributed by atoms with Gasteiger partial charge < -0.3 is 9.88 Å². The van der Waals surface area contributed by atoms with Crippen molar-refractivity contribution in [3.8, 4) is 0 Å². The third kappa shape index (κ3) is 5.02. The van der Waals surface area contributed by atoms with Crippen LogP contribution in [0.15, 0.2) is 53.4 Å². The van der Waals surface area contributed by atoms with Gasteiger partial charge in [0, 0.05) is 32.5 Å². The van der Waals surface area contributed by atoms with Gasteiger partial charge in [0.15, 0.2) is 0 Å². The topological polar surface area (TPSA) is 84.3 Å². The zero-order chi connectivity index (χ0) is 23.3. The third-order valence-electron chi connectivity index (χ3n) is 5.71. The molecule has 8 heteroatoms. The number of benzene rings is 2. The molecule has 0 fully saturated rings. The predicted octanol–water partition coefficient (Wildman–Crippen LogP) is 3.90. The normalized spacial score (nSPS) is 12.9. The van der Waals surface area contributed by atoms with Gasteiger partial charge >= 0.3 is 0 Å². The molecule has 2 aromatic carbocycles. The van der Waals surface area contributed by atoms with Gasteiger partial charge in [0.25, 0.3) is 0 Å². The molecule has 0 saturated carbocycles. The summed E-state index contributed by atoms with van der Waals surface area (Å²) >= 11 is 0. The molecule has 1 N–H and O–H groups in total. The summed E-state index contributed by atoms with van der Waals surface area (Å²) in [7, 11) is -3.55. The summed E-state index contributed by atoms with van der Waals surface area (Å²) < 4.78 is 29.2. The summed E-state index contributed by atoms with van der Waals surface area (Å²) in [6.45, 7) is 9.16. The van der Waals surface area contributed by atoms with E-state index in [-0.39, 0.29) is 16.8 Å². The maximum atomic E-state index is 12.9. The van der Waals surface area contributed by atoms with Gasteiger partial charge in [-0.05, 0) is 37.6 Å². The van der Waals surface area contributed by atoms with E-state index >= 15 is 0 Å². The van der Waals surface area contributed by atoms with Crippen LogP contribution in [0.1, 0.15) is 51.5 Å². The first kappa shape index (κ1) is 23.9. The van der Waals surface area contributed by atoms with Crippen molar-refractivity contribution in [3.05, 3.63) is 59.9 Å². The highest BCUT2D eigenvalue weighted by molar-refractivity contribution is 7.89. The molecule has 172 valence electrons. The fraction of sp³-hybridized carbons (Fsp3) is 0.417. The summed E-state index contributed by atoms with van der Waals surface area (Å²) in [6.07, 6.45) is 0.791. The largest absolute Gasteiger partial charge is 0.350 e. The van der Waals surface area contributed by atoms with Crippen molar-refractivity contribution in [3.63, 3.8) is 0 Å². The van der Waals surface area contributed by atoms with Crippen LogP contribution in [0.5, 0.6) is 0 Å². The van der Waals surface area contributed by atoms with Gasteiger partial charge in [0.05, 0.1) is 22.0 Å². The molecule has 0 unspecified atom stereocenters. The molecule has 0 aliphatic rings. The quantitative estimate of drug-likeness (QED) is 0.502. The summed E-state index contributed by atoms with van der Waals surface area (Å²) in [6, 6.07) is 14.9. The van der Waals surface area contributed by atoms with Gasteiger partial charge in [-0.2, -0.15) is 4.31 Å². The molecule has 0 bridgehead atoms. The molecule has 1 aromatic heterocycles. The van der Waals surface area contributed by atoms with Crippen molar-refractivity contribution < 1.29 is 13.2 Å². The molecule has 7 nitrogen and oxygen atoms in total. The predicted molar refractivity (Wildman–Crippen MR) is 127 cm³/mol. The average molecular weight is 457 g/mol. The van der Waals surface area contributed by atoms with Gasteiger partial charge in [0.2, 0.25) is 15.9 Å². The Bertz CT molecular complexity index is 1170. The minimum absolute atomic E-state index is 0.0409. The van der Waals surface area contributed by atoms with Crippen molar-refractivity contribution in [2.75, 3.05) is 13.1 Å². The number of hydrogen-bond donors (Lipinski definition) is 1. The highest BCUT2D eigenvalue weighted by atomic mass is 32.2. The van der Waals surface area contributed by atoms with E-state index < -0.39 is 10.0 Å².